The number of ether oxygens (including phenoxy) is 2. The highest BCUT2D eigenvalue weighted by Gasteiger charge is 2.31. The van der Waals surface area contributed by atoms with Gasteiger partial charge in [-0.2, -0.15) is 0 Å². The minimum Gasteiger partial charge on any atom is -0.475 e. The summed E-state index contributed by atoms with van der Waals surface area (Å²) in [4.78, 5) is 19.6. The Balaban J connectivity index is 1.47. The van der Waals surface area contributed by atoms with Crippen LogP contribution in [-0.4, -0.2) is 48.2 Å². The van der Waals surface area contributed by atoms with Crippen molar-refractivity contribution in [2.75, 3.05) is 26.3 Å². The fraction of sp³-hybridized carbons (Fsp3) is 0.250. The number of pyridine rings is 1. The van der Waals surface area contributed by atoms with E-state index in [1.165, 1.54) is 0 Å². The molecule has 154 valence electrons. The molecule has 4 rings (SSSR count). The van der Waals surface area contributed by atoms with E-state index in [1.807, 2.05) is 65.6 Å². The van der Waals surface area contributed by atoms with Crippen molar-refractivity contribution in [3.63, 3.8) is 0 Å². The second-order valence-corrected chi connectivity index (χ2v) is 7.59. The van der Waals surface area contributed by atoms with Crippen molar-refractivity contribution < 1.29 is 14.3 Å². The fourth-order valence-corrected chi connectivity index (χ4v) is 3.71. The standard InChI is InChI=1S/C24H23ClN2O3/c25-20-11-12-22(26-15-20)30-17-21-16-27(13-14-29-21)24(28)23(18-7-3-1-4-8-18)19-9-5-2-6-10-19/h1-12,15,21,23H,13-14,16-17H2. The molecule has 2 heterocycles. The van der Waals surface area contributed by atoms with E-state index in [9.17, 15) is 4.79 Å². The van der Waals surface area contributed by atoms with E-state index in [-0.39, 0.29) is 17.9 Å². The maximum absolute atomic E-state index is 13.6. The number of benzene rings is 2. The summed E-state index contributed by atoms with van der Waals surface area (Å²) in [6, 6.07) is 23.2. The molecule has 1 fully saturated rings. The number of rotatable bonds is 6. The zero-order chi connectivity index (χ0) is 20.8. The van der Waals surface area contributed by atoms with Gasteiger partial charge in [0.2, 0.25) is 11.8 Å². The van der Waals surface area contributed by atoms with Crippen molar-refractivity contribution in [1.29, 1.82) is 0 Å². The summed E-state index contributed by atoms with van der Waals surface area (Å²) in [5, 5.41) is 0.556. The van der Waals surface area contributed by atoms with Crippen molar-refractivity contribution >= 4 is 17.5 Å². The van der Waals surface area contributed by atoms with Gasteiger partial charge in [-0.05, 0) is 17.2 Å². The largest absolute Gasteiger partial charge is 0.475 e. The average Bonchev–Trinajstić information content (AvgIpc) is 2.80. The van der Waals surface area contributed by atoms with Crippen molar-refractivity contribution in [3.05, 3.63) is 95.1 Å². The zero-order valence-corrected chi connectivity index (χ0v) is 17.2. The van der Waals surface area contributed by atoms with Gasteiger partial charge in [-0.25, -0.2) is 4.98 Å². The summed E-state index contributed by atoms with van der Waals surface area (Å²) in [6.45, 7) is 1.83. The molecule has 1 aliphatic heterocycles. The van der Waals surface area contributed by atoms with Crippen molar-refractivity contribution in [1.82, 2.24) is 9.88 Å². The molecule has 3 aromatic rings. The first-order valence-corrected chi connectivity index (χ1v) is 10.3. The van der Waals surface area contributed by atoms with E-state index in [0.717, 1.165) is 11.1 Å². The van der Waals surface area contributed by atoms with E-state index in [2.05, 4.69) is 4.98 Å². The summed E-state index contributed by atoms with van der Waals surface area (Å²) < 4.78 is 11.5. The third-order valence-electron chi connectivity index (χ3n) is 5.08. The number of carbonyl (C=O) groups is 1. The molecule has 0 N–H and O–H groups in total. The number of carbonyl (C=O) groups excluding carboxylic acids is 1. The maximum atomic E-state index is 13.6. The highest BCUT2D eigenvalue weighted by Crippen LogP contribution is 2.27. The van der Waals surface area contributed by atoms with Gasteiger partial charge in [0.25, 0.3) is 0 Å². The van der Waals surface area contributed by atoms with Crippen LogP contribution >= 0.6 is 11.6 Å². The number of amides is 1. The number of aromatic nitrogens is 1. The van der Waals surface area contributed by atoms with E-state index < -0.39 is 0 Å². The molecule has 1 amide bonds. The summed E-state index contributed by atoms with van der Waals surface area (Å²) in [5.74, 6) is 0.216. The van der Waals surface area contributed by atoms with Crippen LogP contribution in [0.3, 0.4) is 0 Å². The van der Waals surface area contributed by atoms with Crippen molar-refractivity contribution in [3.8, 4) is 5.88 Å². The molecule has 5 nitrogen and oxygen atoms in total. The fourth-order valence-electron chi connectivity index (χ4n) is 3.60. The molecular weight excluding hydrogens is 400 g/mol. The third kappa shape index (κ3) is 4.99. The number of morpholine rings is 1. The van der Waals surface area contributed by atoms with Crippen LogP contribution < -0.4 is 4.74 Å². The molecule has 1 unspecified atom stereocenters. The summed E-state index contributed by atoms with van der Waals surface area (Å²) in [5.41, 5.74) is 1.97. The normalized spacial score (nSPS) is 16.5. The minimum atomic E-state index is -0.343. The van der Waals surface area contributed by atoms with Gasteiger partial charge in [0.05, 0.1) is 24.1 Å². The van der Waals surface area contributed by atoms with Gasteiger partial charge in [-0.1, -0.05) is 72.3 Å². The summed E-state index contributed by atoms with van der Waals surface area (Å²) in [6.07, 6.45) is 1.33. The topological polar surface area (TPSA) is 51.7 Å². The molecular formula is C24H23ClN2O3. The predicted molar refractivity (Wildman–Crippen MR) is 116 cm³/mol. The molecule has 30 heavy (non-hydrogen) atoms. The Labute approximate surface area is 181 Å². The van der Waals surface area contributed by atoms with Crippen LogP contribution in [0.1, 0.15) is 17.0 Å². The van der Waals surface area contributed by atoms with E-state index in [4.69, 9.17) is 21.1 Å². The van der Waals surface area contributed by atoms with Crippen LogP contribution in [-0.2, 0) is 9.53 Å². The van der Waals surface area contributed by atoms with Gasteiger partial charge >= 0.3 is 0 Å². The highest BCUT2D eigenvalue weighted by molar-refractivity contribution is 6.30. The zero-order valence-electron chi connectivity index (χ0n) is 16.5. The Morgan fingerprint density at radius 3 is 2.33 bits per heavy atom. The Morgan fingerprint density at radius 1 is 1.07 bits per heavy atom. The first kappa shape index (κ1) is 20.4. The smallest absolute Gasteiger partial charge is 0.234 e. The first-order chi connectivity index (χ1) is 14.7. The molecule has 2 aromatic carbocycles. The Morgan fingerprint density at radius 2 is 1.73 bits per heavy atom. The summed E-state index contributed by atoms with van der Waals surface area (Å²) >= 11 is 5.86. The molecule has 1 aromatic heterocycles. The van der Waals surface area contributed by atoms with Gasteiger partial charge < -0.3 is 14.4 Å². The monoisotopic (exact) mass is 422 g/mol. The number of nitrogens with zero attached hydrogens (tertiary/aromatic N) is 2. The first-order valence-electron chi connectivity index (χ1n) is 9.95. The lowest BCUT2D eigenvalue weighted by molar-refractivity contribution is -0.140. The predicted octanol–water partition coefficient (Wildman–Crippen LogP) is 4.17. The number of hydrogen-bond donors (Lipinski definition) is 0. The molecule has 6 heteroatoms. The van der Waals surface area contributed by atoms with Gasteiger partial charge in [-0.15, -0.1) is 0 Å². The van der Waals surface area contributed by atoms with E-state index in [1.54, 1.807) is 18.3 Å². The van der Waals surface area contributed by atoms with Crippen LogP contribution in [0.25, 0.3) is 0 Å². The van der Waals surface area contributed by atoms with Crippen LogP contribution in [0, 0.1) is 0 Å². The number of halogens is 1. The Bertz CT molecular complexity index is 912. The van der Waals surface area contributed by atoms with Gasteiger partial charge in [-0.3, -0.25) is 4.79 Å². The highest BCUT2D eigenvalue weighted by atomic mass is 35.5. The molecule has 1 atom stereocenters. The van der Waals surface area contributed by atoms with E-state index >= 15 is 0 Å². The maximum Gasteiger partial charge on any atom is 0.234 e. The van der Waals surface area contributed by atoms with Crippen LogP contribution in [0.5, 0.6) is 5.88 Å². The molecule has 0 bridgehead atoms. The number of hydrogen-bond acceptors (Lipinski definition) is 4. The lowest BCUT2D eigenvalue weighted by Crippen LogP contribution is -2.49. The molecule has 0 saturated carbocycles. The lowest BCUT2D eigenvalue weighted by atomic mass is 9.90. The average molecular weight is 423 g/mol. The molecule has 0 aliphatic carbocycles. The van der Waals surface area contributed by atoms with Gasteiger partial charge in [0.1, 0.15) is 12.7 Å². The molecule has 0 radical (unpaired) electrons. The Kier molecular flexibility index (Phi) is 6.62. The lowest BCUT2D eigenvalue weighted by Gasteiger charge is -2.35. The minimum absolute atomic E-state index is 0.0744. The van der Waals surface area contributed by atoms with Gasteiger partial charge in [0, 0.05) is 18.8 Å². The SMILES string of the molecule is O=C(C(c1ccccc1)c1ccccc1)N1CCOC(COc2ccc(Cl)cn2)C1. The van der Waals surface area contributed by atoms with Crippen LogP contribution in [0.15, 0.2) is 79.0 Å². The second kappa shape index (κ2) is 9.74. The van der Waals surface area contributed by atoms with Crippen molar-refractivity contribution in [2.45, 2.75) is 12.0 Å². The van der Waals surface area contributed by atoms with Crippen LogP contribution in [0.4, 0.5) is 0 Å². The van der Waals surface area contributed by atoms with Gasteiger partial charge in [0.15, 0.2) is 0 Å². The molecule has 0 spiro atoms. The second-order valence-electron chi connectivity index (χ2n) is 7.16. The van der Waals surface area contributed by atoms with Crippen LogP contribution in [0.2, 0.25) is 5.02 Å². The molecule has 1 saturated heterocycles. The van der Waals surface area contributed by atoms with Crippen molar-refractivity contribution in [2.24, 2.45) is 0 Å². The Hall–Kier alpha value is -2.89. The van der Waals surface area contributed by atoms with E-state index in [0.29, 0.717) is 37.2 Å². The summed E-state index contributed by atoms with van der Waals surface area (Å²) in [7, 11) is 0. The molecule has 1 aliphatic rings. The third-order valence-corrected chi connectivity index (χ3v) is 5.30. The quantitative estimate of drug-likeness (QED) is 0.598.